The molecule has 14 heavy (non-hydrogen) atoms. The fourth-order valence-electron chi connectivity index (χ4n) is 1.39. The Kier molecular flexibility index (Phi) is 3.03. The Bertz CT molecular complexity index is 330. The van der Waals surface area contributed by atoms with Gasteiger partial charge in [0.25, 0.3) is 0 Å². The van der Waals surface area contributed by atoms with Crippen LogP contribution in [-0.2, 0) is 6.42 Å². The molecule has 0 aromatic heterocycles. The van der Waals surface area contributed by atoms with Crippen molar-refractivity contribution in [3.05, 3.63) is 28.6 Å². The number of rotatable bonds is 2. The highest BCUT2D eigenvalue weighted by atomic mass is 19.2. The quantitative estimate of drug-likeness (QED) is 0.673. The van der Waals surface area contributed by atoms with Gasteiger partial charge < -0.3 is 4.74 Å². The predicted octanol–water partition coefficient (Wildman–Crippen LogP) is 2.98. The van der Waals surface area contributed by atoms with Gasteiger partial charge >= 0.3 is 0 Å². The van der Waals surface area contributed by atoms with E-state index in [1.807, 2.05) is 0 Å². The average molecular weight is 204 g/mol. The number of hydrogen-bond acceptors (Lipinski definition) is 1. The van der Waals surface area contributed by atoms with E-state index in [4.69, 9.17) is 0 Å². The normalized spacial score (nSPS) is 10.4. The Morgan fingerprint density at radius 1 is 1.07 bits per heavy atom. The van der Waals surface area contributed by atoms with Crippen molar-refractivity contribution in [3.8, 4) is 5.75 Å². The number of halogens is 3. The molecule has 1 nitrogen and oxygen atoms in total. The number of hydrogen-bond donors (Lipinski definition) is 0. The molecule has 4 heteroatoms. The van der Waals surface area contributed by atoms with Crippen LogP contribution in [0.3, 0.4) is 0 Å². The molecule has 0 radical (unpaired) electrons. The lowest BCUT2D eigenvalue weighted by molar-refractivity contribution is 0.343. The molecule has 0 N–H and O–H groups in total. The summed E-state index contributed by atoms with van der Waals surface area (Å²) in [7, 11) is 1.11. The second-order valence-electron chi connectivity index (χ2n) is 2.93. The van der Waals surface area contributed by atoms with Crippen LogP contribution >= 0.6 is 0 Å². The molecule has 1 aromatic carbocycles. The molecule has 0 spiro atoms. The van der Waals surface area contributed by atoms with E-state index in [-0.39, 0.29) is 11.1 Å². The van der Waals surface area contributed by atoms with E-state index in [2.05, 4.69) is 4.74 Å². The lowest BCUT2D eigenvalue weighted by atomic mass is 10.0. The van der Waals surface area contributed by atoms with Gasteiger partial charge in [0, 0.05) is 0 Å². The Morgan fingerprint density at radius 3 is 2.07 bits per heavy atom. The molecule has 0 atom stereocenters. The maximum absolute atomic E-state index is 13.4. The molecular weight excluding hydrogens is 193 g/mol. The molecular formula is C10H11F3O. The van der Waals surface area contributed by atoms with Gasteiger partial charge in [-0.25, -0.2) is 8.78 Å². The highest BCUT2D eigenvalue weighted by Crippen LogP contribution is 2.30. The van der Waals surface area contributed by atoms with Crippen LogP contribution in [0.4, 0.5) is 13.2 Å². The summed E-state index contributed by atoms with van der Waals surface area (Å²) in [6.45, 7) is 3.02. The van der Waals surface area contributed by atoms with Gasteiger partial charge in [0.2, 0.25) is 5.82 Å². The first-order valence-corrected chi connectivity index (χ1v) is 4.24. The van der Waals surface area contributed by atoms with Gasteiger partial charge in [0.15, 0.2) is 17.4 Å². The summed E-state index contributed by atoms with van der Waals surface area (Å²) in [5, 5.41) is 0. The first kappa shape index (κ1) is 10.9. The molecule has 0 saturated carbocycles. The monoisotopic (exact) mass is 204 g/mol. The number of methoxy groups -OCH3 is 1. The summed E-state index contributed by atoms with van der Waals surface area (Å²) in [5.74, 6) is -3.77. The highest BCUT2D eigenvalue weighted by molar-refractivity contribution is 5.39. The van der Waals surface area contributed by atoms with Crippen molar-refractivity contribution < 1.29 is 17.9 Å². The summed E-state index contributed by atoms with van der Waals surface area (Å²) < 4.78 is 44.2. The zero-order chi connectivity index (χ0) is 10.9. The maximum atomic E-state index is 13.4. The van der Waals surface area contributed by atoms with Crippen LogP contribution in [0.2, 0.25) is 0 Å². The first-order chi connectivity index (χ1) is 6.54. The molecule has 0 heterocycles. The van der Waals surface area contributed by atoms with Crippen LogP contribution < -0.4 is 4.74 Å². The Hall–Kier alpha value is -1.19. The standard InChI is InChI=1S/C10H11F3O/c1-4-6-5(2)7(11)9(13)10(14-3)8(6)12/h4H2,1-3H3. The van der Waals surface area contributed by atoms with Gasteiger partial charge in [0.05, 0.1) is 7.11 Å². The van der Waals surface area contributed by atoms with Crippen molar-refractivity contribution in [1.82, 2.24) is 0 Å². The summed E-state index contributed by atoms with van der Waals surface area (Å²) in [5.41, 5.74) is 0.157. The molecule has 0 aliphatic carbocycles. The van der Waals surface area contributed by atoms with Gasteiger partial charge in [-0.3, -0.25) is 0 Å². The summed E-state index contributed by atoms with van der Waals surface area (Å²) in [4.78, 5) is 0. The largest absolute Gasteiger partial charge is 0.491 e. The average Bonchev–Trinajstić information content (AvgIpc) is 2.16. The number of benzene rings is 1. The van der Waals surface area contributed by atoms with Crippen molar-refractivity contribution in [3.63, 3.8) is 0 Å². The van der Waals surface area contributed by atoms with Crippen LogP contribution in [0.25, 0.3) is 0 Å². The van der Waals surface area contributed by atoms with Crippen LogP contribution in [0.1, 0.15) is 18.1 Å². The third-order valence-electron chi connectivity index (χ3n) is 2.20. The highest BCUT2D eigenvalue weighted by Gasteiger charge is 2.22. The molecule has 0 bridgehead atoms. The van der Waals surface area contributed by atoms with Crippen LogP contribution in [-0.4, -0.2) is 7.11 Å². The predicted molar refractivity (Wildman–Crippen MR) is 47.0 cm³/mol. The smallest absolute Gasteiger partial charge is 0.203 e. The molecule has 0 aliphatic heterocycles. The third-order valence-corrected chi connectivity index (χ3v) is 2.20. The van der Waals surface area contributed by atoms with Gasteiger partial charge in [-0.2, -0.15) is 4.39 Å². The molecule has 78 valence electrons. The maximum Gasteiger partial charge on any atom is 0.203 e. The summed E-state index contributed by atoms with van der Waals surface area (Å²) in [6.07, 6.45) is 0.297. The lowest BCUT2D eigenvalue weighted by Gasteiger charge is -2.11. The molecule has 0 aliphatic rings. The van der Waals surface area contributed by atoms with Crippen LogP contribution in [0, 0.1) is 24.4 Å². The second kappa shape index (κ2) is 3.90. The van der Waals surface area contributed by atoms with E-state index in [1.165, 1.54) is 6.92 Å². The second-order valence-corrected chi connectivity index (χ2v) is 2.93. The molecule has 0 saturated heterocycles. The van der Waals surface area contributed by atoms with Gasteiger partial charge in [-0.05, 0) is 24.5 Å². The van der Waals surface area contributed by atoms with Crippen molar-refractivity contribution >= 4 is 0 Å². The molecule has 0 fully saturated rings. The van der Waals surface area contributed by atoms with Crippen LogP contribution in [0.15, 0.2) is 0 Å². The fourth-order valence-corrected chi connectivity index (χ4v) is 1.39. The minimum absolute atomic E-state index is 0.00306. The van der Waals surface area contributed by atoms with E-state index < -0.39 is 23.2 Å². The zero-order valence-electron chi connectivity index (χ0n) is 8.25. The SMILES string of the molecule is CCc1c(C)c(F)c(F)c(OC)c1F. The van der Waals surface area contributed by atoms with Crippen molar-refractivity contribution in [1.29, 1.82) is 0 Å². The molecule has 0 unspecified atom stereocenters. The Labute approximate surface area is 80.5 Å². The van der Waals surface area contributed by atoms with Crippen molar-refractivity contribution in [2.45, 2.75) is 20.3 Å². The number of ether oxygens (including phenoxy) is 1. The van der Waals surface area contributed by atoms with Crippen molar-refractivity contribution in [2.75, 3.05) is 7.11 Å². The minimum Gasteiger partial charge on any atom is -0.491 e. The summed E-state index contributed by atoms with van der Waals surface area (Å²) in [6, 6.07) is 0. The Morgan fingerprint density at radius 2 is 1.64 bits per heavy atom. The first-order valence-electron chi connectivity index (χ1n) is 4.24. The van der Waals surface area contributed by atoms with E-state index in [0.717, 1.165) is 7.11 Å². The van der Waals surface area contributed by atoms with Crippen molar-refractivity contribution in [2.24, 2.45) is 0 Å². The van der Waals surface area contributed by atoms with E-state index >= 15 is 0 Å². The van der Waals surface area contributed by atoms with E-state index in [1.54, 1.807) is 6.92 Å². The minimum atomic E-state index is -1.26. The zero-order valence-corrected chi connectivity index (χ0v) is 8.25. The Balaban J connectivity index is 3.56. The van der Waals surface area contributed by atoms with Gasteiger partial charge in [-0.15, -0.1) is 0 Å². The molecule has 0 amide bonds. The topological polar surface area (TPSA) is 9.23 Å². The summed E-state index contributed by atoms with van der Waals surface area (Å²) >= 11 is 0. The fraction of sp³-hybridized carbons (Fsp3) is 0.400. The van der Waals surface area contributed by atoms with Gasteiger partial charge in [0.1, 0.15) is 0 Å². The molecule has 1 rings (SSSR count). The van der Waals surface area contributed by atoms with Crippen LogP contribution in [0.5, 0.6) is 5.75 Å². The lowest BCUT2D eigenvalue weighted by Crippen LogP contribution is -2.04. The third kappa shape index (κ3) is 1.45. The van der Waals surface area contributed by atoms with E-state index in [0.29, 0.717) is 6.42 Å². The van der Waals surface area contributed by atoms with E-state index in [9.17, 15) is 13.2 Å². The molecule has 1 aromatic rings. The van der Waals surface area contributed by atoms with Gasteiger partial charge in [-0.1, -0.05) is 6.92 Å².